The molecule has 0 saturated carbocycles. The van der Waals surface area contributed by atoms with Crippen molar-refractivity contribution in [3.05, 3.63) is 12.7 Å². The minimum absolute atomic E-state index is 0.253. The van der Waals surface area contributed by atoms with Crippen molar-refractivity contribution in [2.24, 2.45) is 0 Å². The third-order valence-electron chi connectivity index (χ3n) is 3.07. The first-order valence-electron chi connectivity index (χ1n) is 5.53. The van der Waals surface area contributed by atoms with Crippen LogP contribution in [0.2, 0.25) is 0 Å². The number of fused-ring (bicyclic) bond motifs is 1. The zero-order chi connectivity index (χ0) is 13.6. The second-order valence-corrected chi connectivity index (χ2v) is 4.76. The number of nitrogen functional groups attached to an aromatic ring is 1. The Morgan fingerprint density at radius 2 is 2.11 bits per heavy atom. The van der Waals surface area contributed by atoms with Crippen molar-refractivity contribution in [2.45, 2.75) is 24.5 Å². The average molecular weight is 328 g/mol. The van der Waals surface area contributed by atoms with Gasteiger partial charge in [0.1, 0.15) is 0 Å². The van der Waals surface area contributed by atoms with E-state index >= 15 is 0 Å². The van der Waals surface area contributed by atoms with E-state index < -0.39 is 24.5 Å². The first-order valence-corrected chi connectivity index (χ1v) is 6.52. The topological polar surface area (TPSA) is 119 Å². The molecule has 1 saturated heterocycles. The molecule has 0 aromatic carbocycles. The Morgan fingerprint density at radius 3 is 2.79 bits per heavy atom. The number of hydrogen-bond donors (Lipinski definition) is 3. The Labute approximate surface area is 115 Å². The number of rotatable bonds is 2. The molecule has 100 valence electrons. The molecule has 4 atom stereocenters. The van der Waals surface area contributed by atoms with Crippen LogP contribution < -0.4 is 5.73 Å². The van der Waals surface area contributed by atoms with E-state index in [1.807, 2.05) is 0 Å². The molecule has 0 amide bonds. The number of aliphatic hydroxyl groups is 2. The normalized spacial score (nSPS) is 30.8. The van der Waals surface area contributed by atoms with Gasteiger partial charge in [-0.05, 0) is 0 Å². The van der Waals surface area contributed by atoms with E-state index in [2.05, 4.69) is 30.5 Å². The molecule has 1 aliphatic rings. The van der Waals surface area contributed by atoms with Crippen LogP contribution in [0.5, 0.6) is 0 Å². The van der Waals surface area contributed by atoms with Crippen molar-refractivity contribution in [1.82, 2.24) is 19.5 Å². The van der Waals surface area contributed by atoms with Crippen molar-refractivity contribution in [3.63, 3.8) is 0 Å². The number of ether oxygens (including phenoxy) is 1. The Morgan fingerprint density at radius 1 is 1.32 bits per heavy atom. The van der Waals surface area contributed by atoms with Gasteiger partial charge in [-0.1, -0.05) is 0 Å². The Balaban J connectivity index is 2.06. The summed E-state index contributed by atoms with van der Waals surface area (Å²) in [5.41, 5.74) is 6.58. The van der Waals surface area contributed by atoms with Gasteiger partial charge in [0.25, 0.3) is 0 Å². The fourth-order valence-electron chi connectivity index (χ4n) is 2.08. The van der Waals surface area contributed by atoms with Crippen LogP contribution >= 0.6 is 0 Å². The van der Waals surface area contributed by atoms with Crippen LogP contribution in [0.1, 0.15) is 6.23 Å². The Kier molecular flexibility index (Phi) is 3.08. The molecule has 3 rings (SSSR count). The molecule has 0 bridgehead atoms. The molecule has 2 aromatic rings. The number of aliphatic hydroxyl groups excluding tert-OH is 2. The second-order valence-electron chi connectivity index (χ2n) is 4.19. The fourth-order valence-corrected chi connectivity index (χ4v) is 2.56. The van der Waals surface area contributed by atoms with Gasteiger partial charge in [0.2, 0.25) is 0 Å². The standard InChI is InChI=1S/C10H11N5O3Se/c11-8-5-9(13-2-12-8)15(3-14-5)10-7(17)6(16)4(1-19)18-10/h1-4,6-7,10,16-17H,(H2,11,12,13)/t4-,6-,7-,10-/m1/s1. The predicted octanol–water partition coefficient (Wildman–Crippen LogP) is -2.00. The molecule has 0 spiro atoms. The van der Waals surface area contributed by atoms with E-state index in [1.54, 1.807) is 4.92 Å². The van der Waals surface area contributed by atoms with Crippen LogP contribution in [-0.4, -0.2) is 68.5 Å². The molecule has 4 N–H and O–H groups in total. The molecule has 3 heterocycles. The van der Waals surface area contributed by atoms with Gasteiger partial charge in [-0.25, -0.2) is 0 Å². The summed E-state index contributed by atoms with van der Waals surface area (Å²) >= 11 is 2.66. The van der Waals surface area contributed by atoms with E-state index in [-0.39, 0.29) is 5.82 Å². The van der Waals surface area contributed by atoms with Gasteiger partial charge in [-0.15, -0.1) is 0 Å². The van der Waals surface area contributed by atoms with E-state index in [0.29, 0.717) is 11.2 Å². The second kappa shape index (κ2) is 4.62. The maximum atomic E-state index is 10.0. The van der Waals surface area contributed by atoms with E-state index in [9.17, 15) is 10.2 Å². The Bertz CT molecular complexity index is 633. The van der Waals surface area contributed by atoms with Crippen LogP contribution in [0, 0.1) is 0 Å². The van der Waals surface area contributed by atoms with Gasteiger partial charge < -0.3 is 0 Å². The molecular weight excluding hydrogens is 317 g/mol. The summed E-state index contributed by atoms with van der Waals surface area (Å²) in [5, 5.41) is 19.9. The van der Waals surface area contributed by atoms with Crippen molar-refractivity contribution in [1.29, 1.82) is 0 Å². The molecule has 8 nitrogen and oxygen atoms in total. The van der Waals surface area contributed by atoms with Gasteiger partial charge in [-0.2, -0.15) is 0 Å². The van der Waals surface area contributed by atoms with Gasteiger partial charge in [0.05, 0.1) is 0 Å². The van der Waals surface area contributed by atoms with E-state index in [4.69, 9.17) is 10.5 Å². The van der Waals surface area contributed by atoms with Crippen LogP contribution in [-0.2, 0) is 4.74 Å². The molecule has 1 aliphatic heterocycles. The maximum absolute atomic E-state index is 10.0. The predicted molar refractivity (Wildman–Crippen MR) is 67.5 cm³/mol. The van der Waals surface area contributed by atoms with Crippen molar-refractivity contribution in [2.75, 3.05) is 5.73 Å². The first-order chi connectivity index (χ1) is 9.13. The quantitative estimate of drug-likeness (QED) is 0.545. The molecule has 1 fully saturated rings. The molecule has 0 radical (unpaired) electrons. The van der Waals surface area contributed by atoms with Crippen molar-refractivity contribution >= 4 is 37.5 Å². The molecule has 2 aromatic heterocycles. The summed E-state index contributed by atoms with van der Waals surface area (Å²) in [5.74, 6) is 0.253. The molecular formula is C10H11N5O3Se. The summed E-state index contributed by atoms with van der Waals surface area (Å²) < 4.78 is 7.09. The van der Waals surface area contributed by atoms with Gasteiger partial charge in [0, 0.05) is 0 Å². The van der Waals surface area contributed by atoms with Crippen molar-refractivity contribution < 1.29 is 14.9 Å². The Hall–Kier alpha value is -1.38. The van der Waals surface area contributed by atoms with Crippen LogP contribution in [0.3, 0.4) is 0 Å². The summed E-state index contributed by atoms with van der Waals surface area (Å²) in [6.07, 6.45) is -0.685. The number of anilines is 1. The zero-order valence-corrected chi connectivity index (χ0v) is 11.3. The van der Waals surface area contributed by atoms with Crippen LogP contribution in [0.15, 0.2) is 12.7 Å². The van der Waals surface area contributed by atoms with E-state index in [0.717, 1.165) is 0 Å². The molecule has 9 heteroatoms. The third kappa shape index (κ3) is 1.87. The van der Waals surface area contributed by atoms with Gasteiger partial charge >= 0.3 is 115 Å². The SMILES string of the molecule is Nc1ncnc2c1ncn2[C@@H]1O[C@H](C=[Se])[C@@H](O)[C@H]1O. The van der Waals surface area contributed by atoms with Crippen molar-refractivity contribution in [3.8, 4) is 0 Å². The number of hydrogen-bond acceptors (Lipinski definition) is 7. The minimum atomic E-state index is -1.08. The number of imidazole rings is 1. The van der Waals surface area contributed by atoms with Gasteiger partial charge in [0.15, 0.2) is 0 Å². The number of nitrogens with two attached hydrogens (primary N) is 1. The average Bonchev–Trinajstić information content (AvgIpc) is 2.94. The summed E-state index contributed by atoms with van der Waals surface area (Å²) in [6, 6.07) is 0. The summed E-state index contributed by atoms with van der Waals surface area (Å²) in [6.45, 7) is 0. The summed E-state index contributed by atoms with van der Waals surface area (Å²) in [7, 11) is 0. The molecule has 0 aliphatic carbocycles. The molecule has 19 heavy (non-hydrogen) atoms. The first kappa shape index (κ1) is 12.6. The fraction of sp³-hybridized carbons (Fsp3) is 0.400. The zero-order valence-electron chi connectivity index (χ0n) is 9.62. The molecule has 0 unspecified atom stereocenters. The van der Waals surface area contributed by atoms with Crippen LogP contribution in [0.25, 0.3) is 11.2 Å². The van der Waals surface area contributed by atoms with Crippen LogP contribution in [0.4, 0.5) is 5.82 Å². The van der Waals surface area contributed by atoms with Gasteiger partial charge in [-0.3, -0.25) is 0 Å². The summed E-state index contributed by atoms with van der Waals surface area (Å²) in [4.78, 5) is 13.6. The number of aromatic nitrogens is 4. The monoisotopic (exact) mass is 329 g/mol. The third-order valence-corrected chi connectivity index (χ3v) is 3.63. The number of nitrogens with zero attached hydrogens (tertiary/aromatic N) is 4. The van der Waals surface area contributed by atoms with E-state index in [1.165, 1.54) is 17.2 Å².